The van der Waals surface area contributed by atoms with Gasteiger partial charge < -0.3 is 32.4 Å². The molecule has 0 radical (unpaired) electrons. The standard InChI is InChI=1S/C26H50N4O6/c27-19-13-11-15-21(29)25(33)35-23(31)17-9-7-5-3-1-2-4-6-8-10-18-24(32)36-26(34)22(30)16-12-14-20-28/h21-22H,1-20,27-30H2/t21-,22-/m0/s1. The molecule has 0 aromatic rings. The minimum atomic E-state index is -0.765. The lowest BCUT2D eigenvalue weighted by Crippen LogP contribution is -2.33. The number of carbonyl (C=O) groups is 4. The van der Waals surface area contributed by atoms with Crippen molar-refractivity contribution in [2.24, 2.45) is 22.9 Å². The Kier molecular flexibility index (Phi) is 22.3. The average Bonchev–Trinajstić information content (AvgIpc) is 2.84. The topological polar surface area (TPSA) is 191 Å². The molecule has 0 aromatic carbocycles. The van der Waals surface area contributed by atoms with Crippen LogP contribution in [0.2, 0.25) is 0 Å². The largest absolute Gasteiger partial charge is 0.392 e. The summed E-state index contributed by atoms with van der Waals surface area (Å²) in [6.07, 6.45) is 14.2. The quantitative estimate of drug-likeness (QED) is 0.0895. The first-order chi connectivity index (χ1) is 17.3. The van der Waals surface area contributed by atoms with Crippen LogP contribution in [0.25, 0.3) is 0 Å². The summed E-state index contributed by atoms with van der Waals surface area (Å²) in [5, 5.41) is 0. The van der Waals surface area contributed by atoms with Gasteiger partial charge in [0.25, 0.3) is 0 Å². The number of hydrogen-bond acceptors (Lipinski definition) is 10. The first-order valence-corrected chi connectivity index (χ1v) is 13.7. The molecule has 2 atom stereocenters. The summed E-state index contributed by atoms with van der Waals surface area (Å²) in [6.45, 7) is 1.10. The molecule has 0 aliphatic heterocycles. The second-order valence-electron chi connectivity index (χ2n) is 9.40. The molecule has 0 bridgehead atoms. The molecule has 36 heavy (non-hydrogen) atoms. The van der Waals surface area contributed by atoms with Gasteiger partial charge in [-0.2, -0.15) is 0 Å². The molecule has 0 aliphatic rings. The van der Waals surface area contributed by atoms with Crippen LogP contribution in [0.15, 0.2) is 0 Å². The Balaban J connectivity index is 3.54. The molecule has 0 fully saturated rings. The minimum Gasteiger partial charge on any atom is -0.392 e. The smallest absolute Gasteiger partial charge is 0.330 e. The van der Waals surface area contributed by atoms with Gasteiger partial charge in [-0.3, -0.25) is 9.59 Å². The van der Waals surface area contributed by atoms with Gasteiger partial charge in [0.05, 0.1) is 0 Å². The zero-order chi connectivity index (χ0) is 27.0. The Morgan fingerprint density at radius 2 is 0.778 bits per heavy atom. The first kappa shape index (κ1) is 34.1. The van der Waals surface area contributed by atoms with E-state index < -0.39 is 36.0 Å². The van der Waals surface area contributed by atoms with Gasteiger partial charge in [0, 0.05) is 12.8 Å². The van der Waals surface area contributed by atoms with Crippen molar-refractivity contribution in [1.29, 1.82) is 0 Å². The van der Waals surface area contributed by atoms with E-state index in [1.807, 2.05) is 0 Å². The summed E-state index contributed by atoms with van der Waals surface area (Å²) in [5.41, 5.74) is 22.2. The SMILES string of the molecule is NCCCC[C@H](N)C(=O)OC(=O)CCCCCCCCCCCCC(=O)OC(=O)[C@@H](N)CCCCN. The van der Waals surface area contributed by atoms with Crippen molar-refractivity contribution in [1.82, 2.24) is 0 Å². The van der Waals surface area contributed by atoms with E-state index in [0.29, 0.717) is 38.8 Å². The van der Waals surface area contributed by atoms with Gasteiger partial charge in [0.1, 0.15) is 12.1 Å². The molecule has 0 heterocycles. The van der Waals surface area contributed by atoms with Crippen molar-refractivity contribution in [2.45, 2.75) is 128 Å². The Hall–Kier alpha value is -1.88. The summed E-state index contributed by atoms with van der Waals surface area (Å²) in [4.78, 5) is 47.0. The molecular formula is C26H50N4O6. The fourth-order valence-corrected chi connectivity index (χ4v) is 3.68. The molecule has 0 aromatic heterocycles. The zero-order valence-corrected chi connectivity index (χ0v) is 22.1. The van der Waals surface area contributed by atoms with Crippen LogP contribution in [0.1, 0.15) is 116 Å². The highest BCUT2D eigenvalue weighted by Crippen LogP contribution is 2.13. The Morgan fingerprint density at radius 3 is 1.08 bits per heavy atom. The maximum atomic E-state index is 11.7. The second kappa shape index (κ2) is 23.5. The van der Waals surface area contributed by atoms with E-state index in [2.05, 4.69) is 0 Å². The molecule has 0 amide bonds. The molecule has 0 saturated heterocycles. The number of ether oxygens (including phenoxy) is 2. The summed E-state index contributed by atoms with van der Waals surface area (Å²) in [7, 11) is 0. The molecule has 10 nitrogen and oxygen atoms in total. The number of unbranched alkanes of at least 4 members (excludes halogenated alkanes) is 11. The van der Waals surface area contributed by atoms with Crippen molar-refractivity contribution >= 4 is 23.9 Å². The molecular weight excluding hydrogens is 464 g/mol. The molecule has 0 unspecified atom stereocenters. The predicted molar refractivity (Wildman–Crippen MR) is 139 cm³/mol. The highest BCUT2D eigenvalue weighted by atomic mass is 16.6. The van der Waals surface area contributed by atoms with Gasteiger partial charge in [-0.05, 0) is 51.6 Å². The van der Waals surface area contributed by atoms with Crippen LogP contribution in [0.5, 0.6) is 0 Å². The summed E-state index contributed by atoms with van der Waals surface area (Å²) in [6, 6.07) is -1.53. The van der Waals surface area contributed by atoms with Crippen LogP contribution in [0, 0.1) is 0 Å². The third-order valence-electron chi connectivity index (χ3n) is 5.98. The lowest BCUT2D eigenvalue weighted by Gasteiger charge is -2.10. The van der Waals surface area contributed by atoms with Gasteiger partial charge in [0.2, 0.25) is 0 Å². The molecule has 210 valence electrons. The monoisotopic (exact) mass is 514 g/mol. The van der Waals surface area contributed by atoms with Crippen molar-refractivity contribution in [3.8, 4) is 0 Å². The molecule has 0 rings (SSSR count). The number of carbonyl (C=O) groups excluding carboxylic acids is 4. The van der Waals surface area contributed by atoms with Gasteiger partial charge in [-0.25, -0.2) is 9.59 Å². The highest BCUT2D eigenvalue weighted by Gasteiger charge is 2.19. The number of esters is 4. The van der Waals surface area contributed by atoms with Crippen molar-refractivity contribution in [2.75, 3.05) is 13.1 Å². The number of hydrogen-bond donors (Lipinski definition) is 4. The minimum absolute atomic E-state index is 0.232. The normalized spacial score (nSPS) is 12.7. The third-order valence-corrected chi connectivity index (χ3v) is 5.98. The number of rotatable bonds is 23. The fourth-order valence-electron chi connectivity index (χ4n) is 3.68. The summed E-state index contributed by atoms with van der Waals surface area (Å²) < 4.78 is 9.62. The van der Waals surface area contributed by atoms with E-state index in [9.17, 15) is 19.2 Å². The van der Waals surface area contributed by atoms with Crippen molar-refractivity contribution in [3.63, 3.8) is 0 Å². The van der Waals surface area contributed by atoms with Crippen LogP contribution in [0.3, 0.4) is 0 Å². The Bertz CT molecular complexity index is 565. The van der Waals surface area contributed by atoms with E-state index in [1.54, 1.807) is 0 Å². The molecule has 8 N–H and O–H groups in total. The lowest BCUT2D eigenvalue weighted by molar-refractivity contribution is -0.162. The molecule has 0 aliphatic carbocycles. The van der Waals surface area contributed by atoms with Gasteiger partial charge in [-0.1, -0.05) is 64.2 Å². The first-order valence-electron chi connectivity index (χ1n) is 13.7. The van der Waals surface area contributed by atoms with Crippen LogP contribution < -0.4 is 22.9 Å². The summed E-state index contributed by atoms with van der Waals surface area (Å²) >= 11 is 0. The molecule has 0 saturated carbocycles. The predicted octanol–water partition coefficient (Wildman–Crippen LogP) is 2.72. The van der Waals surface area contributed by atoms with Crippen molar-refractivity contribution < 1.29 is 28.7 Å². The number of nitrogens with two attached hydrogens (primary N) is 4. The van der Waals surface area contributed by atoms with Gasteiger partial charge in [-0.15, -0.1) is 0 Å². The second-order valence-corrected chi connectivity index (χ2v) is 9.40. The van der Waals surface area contributed by atoms with Crippen LogP contribution in [-0.2, 0) is 28.7 Å². The third kappa shape index (κ3) is 20.3. The van der Waals surface area contributed by atoms with Crippen LogP contribution in [-0.4, -0.2) is 49.1 Å². The van der Waals surface area contributed by atoms with E-state index in [0.717, 1.165) is 77.0 Å². The van der Waals surface area contributed by atoms with Gasteiger partial charge in [0.15, 0.2) is 0 Å². The van der Waals surface area contributed by atoms with Crippen LogP contribution >= 0.6 is 0 Å². The highest BCUT2D eigenvalue weighted by molar-refractivity contribution is 5.88. The average molecular weight is 515 g/mol. The van der Waals surface area contributed by atoms with Gasteiger partial charge >= 0.3 is 23.9 Å². The fraction of sp³-hybridized carbons (Fsp3) is 0.846. The van der Waals surface area contributed by atoms with Crippen LogP contribution in [0.4, 0.5) is 0 Å². The zero-order valence-electron chi connectivity index (χ0n) is 22.1. The molecule has 0 spiro atoms. The summed E-state index contributed by atoms with van der Waals surface area (Å²) in [5.74, 6) is -2.32. The van der Waals surface area contributed by atoms with E-state index in [1.165, 1.54) is 0 Å². The maximum Gasteiger partial charge on any atom is 0.330 e. The Morgan fingerprint density at radius 1 is 0.472 bits per heavy atom. The Labute approximate surface area is 216 Å². The van der Waals surface area contributed by atoms with Crippen molar-refractivity contribution in [3.05, 3.63) is 0 Å². The lowest BCUT2D eigenvalue weighted by atomic mass is 10.1. The maximum absolute atomic E-state index is 11.7. The van der Waals surface area contributed by atoms with E-state index in [-0.39, 0.29) is 12.8 Å². The van der Waals surface area contributed by atoms with E-state index >= 15 is 0 Å². The van der Waals surface area contributed by atoms with E-state index in [4.69, 9.17) is 32.4 Å². The molecule has 10 heteroatoms.